The fourth-order valence-electron chi connectivity index (χ4n) is 2.84. The van der Waals surface area contributed by atoms with Gasteiger partial charge in [-0.05, 0) is 49.4 Å². The normalized spacial score (nSPS) is 11.3. The van der Waals surface area contributed by atoms with Gasteiger partial charge in [0.1, 0.15) is 11.3 Å². The number of nitrogens with zero attached hydrogens (tertiary/aromatic N) is 1. The molecule has 0 atom stereocenters. The summed E-state index contributed by atoms with van der Waals surface area (Å²) in [6, 6.07) is 12.6. The lowest BCUT2D eigenvalue weighted by molar-refractivity contribution is 0.319. The monoisotopic (exact) mass is 343 g/mol. The van der Waals surface area contributed by atoms with Crippen LogP contribution in [0.5, 0.6) is 5.75 Å². The van der Waals surface area contributed by atoms with Crippen LogP contribution >= 0.6 is 11.6 Å². The maximum absolute atomic E-state index is 11.9. The van der Waals surface area contributed by atoms with Gasteiger partial charge in [-0.3, -0.25) is 4.90 Å². The van der Waals surface area contributed by atoms with Crippen LogP contribution in [-0.2, 0) is 13.1 Å². The molecular weight excluding hydrogens is 326 g/mol. The van der Waals surface area contributed by atoms with Crippen molar-refractivity contribution in [1.82, 2.24) is 4.90 Å². The molecule has 0 fully saturated rings. The number of hydrogen-bond acceptors (Lipinski definition) is 4. The highest BCUT2D eigenvalue weighted by molar-refractivity contribution is 6.30. The number of benzene rings is 2. The average molecular weight is 344 g/mol. The van der Waals surface area contributed by atoms with Crippen molar-refractivity contribution in [1.29, 1.82) is 0 Å². The number of fused-ring (bicyclic) bond motifs is 1. The lowest BCUT2D eigenvalue weighted by Gasteiger charge is -2.18. The molecule has 3 aromatic rings. The molecule has 24 heavy (non-hydrogen) atoms. The van der Waals surface area contributed by atoms with E-state index >= 15 is 0 Å². The van der Waals surface area contributed by atoms with Gasteiger partial charge in [-0.2, -0.15) is 0 Å². The largest absolute Gasteiger partial charge is 0.508 e. The maximum atomic E-state index is 11.9. The zero-order valence-electron chi connectivity index (χ0n) is 13.5. The van der Waals surface area contributed by atoms with Gasteiger partial charge in [0.2, 0.25) is 0 Å². The predicted octanol–water partition coefficient (Wildman–Crippen LogP) is 4.09. The molecule has 124 valence electrons. The molecule has 1 heterocycles. The molecule has 0 radical (unpaired) electrons. The third-order valence-corrected chi connectivity index (χ3v) is 4.23. The van der Waals surface area contributed by atoms with Crippen LogP contribution in [0.15, 0.2) is 51.7 Å². The van der Waals surface area contributed by atoms with Crippen molar-refractivity contribution < 1.29 is 9.52 Å². The molecule has 0 aliphatic carbocycles. The topological polar surface area (TPSA) is 53.7 Å². The van der Waals surface area contributed by atoms with Gasteiger partial charge in [0.05, 0.1) is 0 Å². The van der Waals surface area contributed by atoms with E-state index in [1.54, 1.807) is 19.1 Å². The zero-order valence-corrected chi connectivity index (χ0v) is 14.3. The molecule has 1 aromatic heterocycles. The Morgan fingerprint density at radius 2 is 1.96 bits per heavy atom. The van der Waals surface area contributed by atoms with E-state index in [9.17, 15) is 9.90 Å². The molecule has 2 aromatic carbocycles. The van der Waals surface area contributed by atoms with E-state index in [0.717, 1.165) is 16.5 Å². The number of aromatic hydroxyl groups is 1. The number of aryl methyl sites for hydroxylation is 1. The summed E-state index contributed by atoms with van der Waals surface area (Å²) in [4.78, 5) is 14.0. The Morgan fingerprint density at radius 3 is 2.71 bits per heavy atom. The predicted molar refractivity (Wildman–Crippen MR) is 95.5 cm³/mol. The minimum absolute atomic E-state index is 0.120. The molecule has 0 bridgehead atoms. The van der Waals surface area contributed by atoms with E-state index in [1.165, 1.54) is 6.07 Å². The Bertz CT molecular complexity index is 949. The van der Waals surface area contributed by atoms with Crippen molar-refractivity contribution in [2.24, 2.45) is 0 Å². The van der Waals surface area contributed by atoms with Crippen molar-refractivity contribution in [2.75, 3.05) is 7.05 Å². The van der Waals surface area contributed by atoms with Gasteiger partial charge >= 0.3 is 5.63 Å². The van der Waals surface area contributed by atoms with Crippen molar-refractivity contribution in [3.8, 4) is 5.75 Å². The second-order valence-corrected chi connectivity index (χ2v) is 6.42. The molecule has 0 unspecified atom stereocenters. The van der Waals surface area contributed by atoms with Crippen molar-refractivity contribution in [2.45, 2.75) is 20.0 Å². The third-order valence-electron chi connectivity index (χ3n) is 4.00. The number of rotatable bonds is 4. The van der Waals surface area contributed by atoms with Crippen LogP contribution in [0.4, 0.5) is 0 Å². The van der Waals surface area contributed by atoms with Gasteiger partial charge in [0, 0.05) is 35.1 Å². The van der Waals surface area contributed by atoms with Gasteiger partial charge in [0.25, 0.3) is 0 Å². The van der Waals surface area contributed by atoms with Crippen molar-refractivity contribution in [3.63, 3.8) is 0 Å². The third kappa shape index (κ3) is 3.45. The molecule has 0 amide bonds. The summed E-state index contributed by atoms with van der Waals surface area (Å²) in [6.07, 6.45) is 0. The second-order valence-electron chi connectivity index (χ2n) is 5.98. The van der Waals surface area contributed by atoms with E-state index in [-0.39, 0.29) is 5.75 Å². The Morgan fingerprint density at radius 1 is 1.17 bits per heavy atom. The minimum atomic E-state index is -0.414. The molecule has 3 rings (SSSR count). The van der Waals surface area contributed by atoms with E-state index in [2.05, 4.69) is 4.90 Å². The average Bonchev–Trinajstić information content (AvgIpc) is 2.51. The van der Waals surface area contributed by atoms with Crippen molar-refractivity contribution in [3.05, 3.63) is 74.6 Å². The van der Waals surface area contributed by atoms with Gasteiger partial charge in [-0.1, -0.05) is 23.7 Å². The SMILES string of the molecule is Cc1c(O)ccc2c(CN(C)Cc3cccc(Cl)c3)cc(=O)oc12. The van der Waals surface area contributed by atoms with Crippen LogP contribution in [0.3, 0.4) is 0 Å². The fraction of sp³-hybridized carbons (Fsp3) is 0.211. The van der Waals surface area contributed by atoms with E-state index < -0.39 is 5.63 Å². The first-order chi connectivity index (χ1) is 11.4. The molecule has 0 aliphatic heterocycles. The summed E-state index contributed by atoms with van der Waals surface area (Å²) in [5.74, 6) is 0.120. The number of halogens is 1. The minimum Gasteiger partial charge on any atom is -0.508 e. The molecular formula is C19H18ClNO3. The van der Waals surface area contributed by atoms with Crippen LogP contribution in [0.1, 0.15) is 16.7 Å². The smallest absolute Gasteiger partial charge is 0.336 e. The summed E-state index contributed by atoms with van der Waals surface area (Å²) in [5.41, 5.74) is 2.57. The number of hydrogen-bond donors (Lipinski definition) is 1. The molecule has 1 N–H and O–H groups in total. The first-order valence-electron chi connectivity index (χ1n) is 7.62. The van der Waals surface area contributed by atoms with Crippen LogP contribution in [-0.4, -0.2) is 17.1 Å². The number of phenols is 1. The maximum Gasteiger partial charge on any atom is 0.336 e. The van der Waals surface area contributed by atoms with Gasteiger partial charge in [-0.15, -0.1) is 0 Å². The lowest BCUT2D eigenvalue weighted by Crippen LogP contribution is -2.18. The molecule has 5 heteroatoms. The van der Waals surface area contributed by atoms with E-state index in [0.29, 0.717) is 29.3 Å². The Kier molecular flexibility index (Phi) is 4.60. The molecule has 0 aliphatic rings. The molecule has 0 saturated heterocycles. The fourth-order valence-corrected chi connectivity index (χ4v) is 3.05. The summed E-state index contributed by atoms with van der Waals surface area (Å²) < 4.78 is 5.28. The summed E-state index contributed by atoms with van der Waals surface area (Å²) in [7, 11) is 1.98. The molecule has 4 nitrogen and oxygen atoms in total. The lowest BCUT2D eigenvalue weighted by atomic mass is 10.1. The highest BCUT2D eigenvalue weighted by atomic mass is 35.5. The standard InChI is InChI=1S/C19H18ClNO3/c1-12-17(22)7-6-16-14(9-18(23)24-19(12)16)11-21(2)10-13-4-3-5-15(20)8-13/h3-9,22H,10-11H2,1-2H3. The van der Waals surface area contributed by atoms with Crippen LogP contribution in [0, 0.1) is 6.92 Å². The van der Waals surface area contributed by atoms with E-state index in [1.807, 2.05) is 31.3 Å². The Labute approximate surface area is 144 Å². The highest BCUT2D eigenvalue weighted by Gasteiger charge is 2.12. The first-order valence-corrected chi connectivity index (χ1v) is 8.00. The molecule has 0 spiro atoms. The Hall–Kier alpha value is -2.30. The Balaban J connectivity index is 1.92. The summed E-state index contributed by atoms with van der Waals surface area (Å²) in [6.45, 7) is 3.03. The van der Waals surface area contributed by atoms with Crippen LogP contribution < -0.4 is 5.63 Å². The van der Waals surface area contributed by atoms with E-state index in [4.69, 9.17) is 16.0 Å². The summed E-state index contributed by atoms with van der Waals surface area (Å²) in [5, 5.41) is 11.4. The van der Waals surface area contributed by atoms with Crippen molar-refractivity contribution >= 4 is 22.6 Å². The zero-order chi connectivity index (χ0) is 17.3. The first kappa shape index (κ1) is 16.6. The van der Waals surface area contributed by atoms with Gasteiger partial charge in [0.15, 0.2) is 0 Å². The number of phenolic OH excluding ortho intramolecular Hbond substituents is 1. The van der Waals surface area contributed by atoms with Crippen LogP contribution in [0.25, 0.3) is 11.0 Å². The molecule has 0 saturated carbocycles. The van der Waals surface area contributed by atoms with Gasteiger partial charge in [-0.25, -0.2) is 4.79 Å². The quantitative estimate of drug-likeness (QED) is 0.725. The highest BCUT2D eigenvalue weighted by Crippen LogP contribution is 2.28. The second kappa shape index (κ2) is 6.67. The van der Waals surface area contributed by atoms with Crippen LogP contribution in [0.2, 0.25) is 5.02 Å². The summed E-state index contributed by atoms with van der Waals surface area (Å²) >= 11 is 6.02. The van der Waals surface area contributed by atoms with Gasteiger partial charge < -0.3 is 9.52 Å².